The second-order valence-electron chi connectivity index (χ2n) is 4.38. The van der Waals surface area contributed by atoms with Gasteiger partial charge >= 0.3 is 0 Å². The maximum Gasteiger partial charge on any atom is 0.273 e. The highest BCUT2D eigenvalue weighted by Gasteiger charge is 2.32. The molecule has 1 atom stereocenters. The van der Waals surface area contributed by atoms with E-state index in [-0.39, 0.29) is 11.9 Å². The van der Waals surface area contributed by atoms with Crippen molar-refractivity contribution in [3.05, 3.63) is 48.6 Å². The molecule has 1 aliphatic heterocycles. The van der Waals surface area contributed by atoms with Gasteiger partial charge in [0.25, 0.3) is 5.91 Å². The summed E-state index contributed by atoms with van der Waals surface area (Å²) in [5.74, 6) is -0.0736. The molecule has 3 rings (SSSR count). The Bertz CT molecular complexity index is 560. The minimum Gasteiger partial charge on any atom is -0.329 e. The summed E-state index contributed by atoms with van der Waals surface area (Å²) < 4.78 is 0. The van der Waals surface area contributed by atoms with Crippen molar-refractivity contribution in [1.29, 1.82) is 0 Å². The van der Waals surface area contributed by atoms with Gasteiger partial charge in [-0.2, -0.15) is 0 Å². The number of hydrogen-bond acceptors (Lipinski definition) is 5. The van der Waals surface area contributed by atoms with E-state index in [9.17, 15) is 4.79 Å². The number of carbonyl (C=O) groups excluding carboxylic acids is 1. The van der Waals surface area contributed by atoms with Gasteiger partial charge in [0.05, 0.1) is 17.9 Å². The quantitative estimate of drug-likeness (QED) is 0.807. The van der Waals surface area contributed by atoms with Crippen molar-refractivity contribution in [3.8, 4) is 0 Å². The molecule has 1 saturated heterocycles. The first-order chi connectivity index (χ1) is 9.36. The minimum absolute atomic E-state index is 0.00355. The van der Waals surface area contributed by atoms with Gasteiger partial charge in [0.15, 0.2) is 0 Å². The number of likely N-dealkylation sites (tertiary alicyclic amines) is 1. The molecule has 3 heterocycles. The van der Waals surface area contributed by atoms with Gasteiger partial charge in [0.2, 0.25) is 0 Å². The maximum absolute atomic E-state index is 12.4. The van der Waals surface area contributed by atoms with Crippen molar-refractivity contribution >= 4 is 5.91 Å². The molecule has 0 saturated carbocycles. The van der Waals surface area contributed by atoms with Crippen LogP contribution in [0.5, 0.6) is 0 Å². The van der Waals surface area contributed by atoms with Gasteiger partial charge in [-0.15, -0.1) is 0 Å². The summed E-state index contributed by atoms with van der Waals surface area (Å²) in [6.07, 6.45) is 9.86. The predicted molar refractivity (Wildman–Crippen MR) is 67.1 cm³/mol. The van der Waals surface area contributed by atoms with Gasteiger partial charge in [-0.3, -0.25) is 14.8 Å². The second-order valence-corrected chi connectivity index (χ2v) is 4.38. The van der Waals surface area contributed by atoms with Crippen molar-refractivity contribution in [2.75, 3.05) is 6.54 Å². The number of aromatic nitrogens is 4. The van der Waals surface area contributed by atoms with Crippen molar-refractivity contribution in [2.45, 2.75) is 18.9 Å². The van der Waals surface area contributed by atoms with Crippen LogP contribution in [-0.4, -0.2) is 37.3 Å². The second kappa shape index (κ2) is 5.09. The molecule has 0 N–H and O–H groups in total. The van der Waals surface area contributed by atoms with Crippen molar-refractivity contribution in [2.24, 2.45) is 0 Å². The van der Waals surface area contributed by atoms with Crippen LogP contribution in [0.4, 0.5) is 0 Å². The van der Waals surface area contributed by atoms with E-state index in [2.05, 4.69) is 19.9 Å². The van der Waals surface area contributed by atoms with Crippen LogP contribution in [0.25, 0.3) is 0 Å². The molecule has 6 heteroatoms. The van der Waals surface area contributed by atoms with Crippen LogP contribution in [0.3, 0.4) is 0 Å². The summed E-state index contributed by atoms with van der Waals surface area (Å²) in [5.41, 5.74) is 1.26. The van der Waals surface area contributed by atoms with E-state index >= 15 is 0 Å². The first-order valence-electron chi connectivity index (χ1n) is 6.19. The minimum atomic E-state index is -0.0736. The third-order valence-corrected chi connectivity index (χ3v) is 3.24. The molecule has 2 aromatic rings. The highest BCUT2D eigenvalue weighted by atomic mass is 16.2. The Hall–Kier alpha value is -2.37. The Balaban J connectivity index is 1.86. The standard InChI is InChI=1S/C13H13N5O/c19-13(10-3-4-15-9-17-10)18-7-1-2-12(18)11-8-14-5-6-16-11/h3-6,8-9,12H,1-2,7H2. The molecule has 6 nitrogen and oxygen atoms in total. The van der Waals surface area contributed by atoms with Gasteiger partial charge < -0.3 is 4.90 Å². The molecule has 0 radical (unpaired) electrons. The van der Waals surface area contributed by atoms with E-state index in [0.29, 0.717) is 5.69 Å². The number of amides is 1. The predicted octanol–water partition coefficient (Wildman–Crippen LogP) is 1.24. The van der Waals surface area contributed by atoms with E-state index in [1.165, 1.54) is 6.33 Å². The highest BCUT2D eigenvalue weighted by molar-refractivity contribution is 5.92. The first kappa shape index (κ1) is 11.7. The molecule has 0 spiro atoms. The SMILES string of the molecule is O=C(c1ccncn1)N1CCCC1c1cnccn1. The Labute approximate surface area is 110 Å². The molecular formula is C13H13N5O. The first-order valence-corrected chi connectivity index (χ1v) is 6.19. The van der Waals surface area contributed by atoms with Crippen molar-refractivity contribution in [3.63, 3.8) is 0 Å². The summed E-state index contributed by atoms with van der Waals surface area (Å²) in [4.78, 5) is 30.4. The normalized spacial score (nSPS) is 18.5. The van der Waals surface area contributed by atoms with Crippen LogP contribution in [0.2, 0.25) is 0 Å². The molecular weight excluding hydrogens is 242 g/mol. The number of nitrogens with zero attached hydrogens (tertiary/aromatic N) is 5. The average Bonchev–Trinajstić information content (AvgIpc) is 2.98. The Morgan fingerprint density at radius 3 is 2.89 bits per heavy atom. The molecule has 0 bridgehead atoms. The van der Waals surface area contributed by atoms with Crippen molar-refractivity contribution in [1.82, 2.24) is 24.8 Å². The summed E-state index contributed by atoms with van der Waals surface area (Å²) >= 11 is 0. The van der Waals surface area contributed by atoms with E-state index in [1.54, 1.807) is 30.9 Å². The topological polar surface area (TPSA) is 71.9 Å². The van der Waals surface area contributed by atoms with Gasteiger partial charge in [-0.1, -0.05) is 0 Å². The Morgan fingerprint density at radius 2 is 2.16 bits per heavy atom. The molecule has 1 amide bonds. The largest absolute Gasteiger partial charge is 0.329 e. The summed E-state index contributed by atoms with van der Waals surface area (Å²) in [5, 5.41) is 0. The molecule has 0 aromatic carbocycles. The van der Waals surface area contributed by atoms with E-state index < -0.39 is 0 Å². The molecule has 1 aliphatic rings. The lowest BCUT2D eigenvalue weighted by Gasteiger charge is -2.23. The zero-order valence-corrected chi connectivity index (χ0v) is 10.3. The zero-order valence-electron chi connectivity index (χ0n) is 10.3. The molecule has 0 aliphatic carbocycles. The molecule has 1 fully saturated rings. The number of carbonyl (C=O) groups is 1. The van der Waals surface area contributed by atoms with Crippen LogP contribution in [0.15, 0.2) is 37.2 Å². The lowest BCUT2D eigenvalue weighted by molar-refractivity contribution is 0.0726. The smallest absolute Gasteiger partial charge is 0.273 e. The third-order valence-electron chi connectivity index (χ3n) is 3.24. The lowest BCUT2D eigenvalue weighted by Crippen LogP contribution is -2.31. The third kappa shape index (κ3) is 2.29. The van der Waals surface area contributed by atoms with E-state index in [4.69, 9.17) is 0 Å². The summed E-state index contributed by atoms with van der Waals surface area (Å²) in [7, 11) is 0. The number of hydrogen-bond donors (Lipinski definition) is 0. The van der Waals surface area contributed by atoms with Crippen LogP contribution >= 0.6 is 0 Å². The van der Waals surface area contributed by atoms with E-state index in [1.807, 2.05) is 4.90 Å². The monoisotopic (exact) mass is 255 g/mol. The molecule has 1 unspecified atom stereocenters. The zero-order chi connectivity index (χ0) is 13.1. The molecule has 96 valence electrons. The highest BCUT2D eigenvalue weighted by Crippen LogP contribution is 2.31. The maximum atomic E-state index is 12.4. The average molecular weight is 255 g/mol. The van der Waals surface area contributed by atoms with Gasteiger partial charge in [-0.25, -0.2) is 9.97 Å². The lowest BCUT2D eigenvalue weighted by atomic mass is 10.1. The van der Waals surface area contributed by atoms with Gasteiger partial charge in [0, 0.05) is 25.1 Å². The molecule has 2 aromatic heterocycles. The number of rotatable bonds is 2. The van der Waals surface area contributed by atoms with E-state index in [0.717, 1.165) is 25.1 Å². The fraction of sp³-hybridized carbons (Fsp3) is 0.308. The van der Waals surface area contributed by atoms with Gasteiger partial charge in [-0.05, 0) is 18.9 Å². The van der Waals surface area contributed by atoms with Crippen molar-refractivity contribution < 1.29 is 4.79 Å². The molecule has 19 heavy (non-hydrogen) atoms. The van der Waals surface area contributed by atoms with Crippen LogP contribution < -0.4 is 0 Å². The van der Waals surface area contributed by atoms with Crippen LogP contribution in [-0.2, 0) is 0 Å². The van der Waals surface area contributed by atoms with Crippen LogP contribution in [0, 0.1) is 0 Å². The van der Waals surface area contributed by atoms with Gasteiger partial charge in [0.1, 0.15) is 12.0 Å². The fourth-order valence-electron chi connectivity index (χ4n) is 2.36. The Morgan fingerprint density at radius 1 is 1.21 bits per heavy atom. The van der Waals surface area contributed by atoms with Crippen LogP contribution in [0.1, 0.15) is 35.1 Å². The fourth-order valence-corrected chi connectivity index (χ4v) is 2.36. The summed E-state index contributed by atoms with van der Waals surface area (Å²) in [6, 6.07) is 1.63. The Kier molecular flexibility index (Phi) is 3.14. The summed E-state index contributed by atoms with van der Waals surface area (Å²) in [6.45, 7) is 0.726.